The molecule has 1 aromatic rings. The second-order valence-corrected chi connectivity index (χ2v) is 6.78. The van der Waals surface area contributed by atoms with E-state index in [0.29, 0.717) is 17.7 Å². The highest BCUT2D eigenvalue weighted by molar-refractivity contribution is 7.99. The van der Waals surface area contributed by atoms with Crippen molar-refractivity contribution in [1.29, 1.82) is 0 Å². The lowest BCUT2D eigenvalue weighted by atomic mass is 9.99. The van der Waals surface area contributed by atoms with Gasteiger partial charge in [-0.25, -0.2) is 4.79 Å². The average molecular weight is 367 g/mol. The Balaban J connectivity index is 1.95. The van der Waals surface area contributed by atoms with Gasteiger partial charge in [-0.2, -0.15) is 11.8 Å². The maximum Gasteiger partial charge on any atom is 0.330 e. The van der Waals surface area contributed by atoms with Gasteiger partial charge in [0.05, 0.1) is 11.5 Å². The molecule has 0 spiro atoms. The summed E-state index contributed by atoms with van der Waals surface area (Å²) in [6.45, 7) is 1.13. The SMILES string of the molecule is Cc1cc(C(=O)NCC(=O)NC2(C(=O)O)CCSC2)ccc1[N+](=O)[O-]. The van der Waals surface area contributed by atoms with E-state index < -0.39 is 28.2 Å². The number of nitro groups is 1. The topological polar surface area (TPSA) is 139 Å². The van der Waals surface area contributed by atoms with Gasteiger partial charge in [0.1, 0.15) is 5.54 Å². The zero-order valence-electron chi connectivity index (χ0n) is 13.4. The Labute approximate surface area is 147 Å². The molecule has 1 saturated heterocycles. The Hall–Kier alpha value is -2.62. The first-order valence-corrected chi connectivity index (χ1v) is 8.56. The van der Waals surface area contributed by atoms with Crippen molar-refractivity contribution in [2.75, 3.05) is 18.1 Å². The van der Waals surface area contributed by atoms with Crippen LogP contribution in [0, 0.1) is 17.0 Å². The normalized spacial score (nSPS) is 19.2. The number of nitro benzene ring substituents is 1. The summed E-state index contributed by atoms with van der Waals surface area (Å²) in [5.74, 6) is -1.34. The smallest absolute Gasteiger partial charge is 0.330 e. The Morgan fingerprint density at radius 1 is 1.40 bits per heavy atom. The molecule has 9 nitrogen and oxygen atoms in total. The zero-order valence-corrected chi connectivity index (χ0v) is 14.2. The van der Waals surface area contributed by atoms with Crippen LogP contribution < -0.4 is 10.6 Å². The summed E-state index contributed by atoms with van der Waals surface area (Å²) in [6, 6.07) is 3.88. The minimum Gasteiger partial charge on any atom is -0.479 e. The quantitative estimate of drug-likeness (QED) is 0.497. The molecule has 1 heterocycles. The first kappa shape index (κ1) is 18.7. The molecule has 2 rings (SSSR count). The second-order valence-electron chi connectivity index (χ2n) is 5.68. The van der Waals surface area contributed by atoms with Crippen molar-refractivity contribution in [3.63, 3.8) is 0 Å². The van der Waals surface area contributed by atoms with E-state index in [4.69, 9.17) is 0 Å². The van der Waals surface area contributed by atoms with Gasteiger partial charge in [0.25, 0.3) is 11.6 Å². The van der Waals surface area contributed by atoms with E-state index in [2.05, 4.69) is 10.6 Å². The van der Waals surface area contributed by atoms with Gasteiger partial charge in [0.2, 0.25) is 5.91 Å². The fourth-order valence-electron chi connectivity index (χ4n) is 2.46. The molecule has 10 heteroatoms. The fraction of sp³-hybridized carbons (Fsp3) is 0.400. The van der Waals surface area contributed by atoms with Gasteiger partial charge < -0.3 is 15.7 Å². The van der Waals surface area contributed by atoms with Crippen molar-refractivity contribution >= 4 is 35.2 Å². The third kappa shape index (κ3) is 4.27. The summed E-state index contributed by atoms with van der Waals surface area (Å²) in [5, 5.41) is 24.9. The number of aliphatic carboxylic acids is 1. The summed E-state index contributed by atoms with van der Waals surface area (Å²) in [5.41, 5.74) is -0.886. The van der Waals surface area contributed by atoms with Crippen LogP contribution in [-0.2, 0) is 9.59 Å². The monoisotopic (exact) mass is 367 g/mol. The van der Waals surface area contributed by atoms with Crippen LogP contribution in [0.1, 0.15) is 22.3 Å². The third-order valence-corrected chi connectivity index (χ3v) is 5.06. The zero-order chi connectivity index (χ0) is 18.6. The molecule has 0 bridgehead atoms. The van der Waals surface area contributed by atoms with E-state index in [0.717, 1.165) is 0 Å². The first-order chi connectivity index (χ1) is 11.7. The van der Waals surface area contributed by atoms with Crippen molar-refractivity contribution in [2.24, 2.45) is 0 Å². The highest BCUT2D eigenvalue weighted by Gasteiger charge is 2.43. The maximum absolute atomic E-state index is 12.1. The standard InChI is InChI=1S/C15H17N3O6S/c1-9-6-10(2-3-11(9)18(23)24)13(20)16-7-12(19)17-15(14(21)22)4-5-25-8-15/h2-3,6H,4-5,7-8H2,1H3,(H,16,20)(H,17,19)(H,21,22). The molecule has 1 aliphatic rings. The minimum absolute atomic E-state index is 0.101. The lowest BCUT2D eigenvalue weighted by Gasteiger charge is -2.24. The van der Waals surface area contributed by atoms with E-state index >= 15 is 0 Å². The average Bonchev–Trinajstić information content (AvgIpc) is 3.02. The van der Waals surface area contributed by atoms with Gasteiger partial charge in [0.15, 0.2) is 0 Å². The fourth-order valence-corrected chi connectivity index (χ4v) is 3.79. The molecule has 0 aromatic heterocycles. The second kappa shape index (κ2) is 7.51. The molecule has 134 valence electrons. The number of benzene rings is 1. The molecule has 3 N–H and O–H groups in total. The number of rotatable bonds is 6. The lowest BCUT2D eigenvalue weighted by Crippen LogP contribution is -2.56. The van der Waals surface area contributed by atoms with Crippen LogP contribution in [0.2, 0.25) is 0 Å². The van der Waals surface area contributed by atoms with Crippen LogP contribution in [-0.4, -0.2) is 51.4 Å². The molecule has 25 heavy (non-hydrogen) atoms. The number of carboxylic acids is 1. The highest BCUT2D eigenvalue weighted by Crippen LogP contribution is 2.28. The number of amides is 2. The van der Waals surface area contributed by atoms with Gasteiger partial charge in [-0.15, -0.1) is 0 Å². The lowest BCUT2D eigenvalue weighted by molar-refractivity contribution is -0.385. The van der Waals surface area contributed by atoms with Crippen LogP contribution in [0.5, 0.6) is 0 Å². The van der Waals surface area contributed by atoms with E-state index in [9.17, 15) is 29.6 Å². The molecule has 1 aliphatic heterocycles. The molecular weight excluding hydrogens is 350 g/mol. The van der Waals surface area contributed by atoms with E-state index in [1.165, 1.54) is 36.9 Å². The van der Waals surface area contributed by atoms with Crippen LogP contribution >= 0.6 is 11.8 Å². The third-order valence-electron chi connectivity index (χ3n) is 3.87. The molecule has 0 aliphatic carbocycles. The number of carboxylic acid groups (broad SMARTS) is 1. The summed E-state index contributed by atoms with van der Waals surface area (Å²) >= 11 is 1.44. The van der Waals surface area contributed by atoms with Crippen LogP contribution in [0.15, 0.2) is 18.2 Å². The summed E-state index contributed by atoms with van der Waals surface area (Å²) in [7, 11) is 0. The molecule has 0 radical (unpaired) electrons. The number of carbonyl (C=O) groups is 3. The van der Waals surface area contributed by atoms with Crippen molar-refractivity contribution in [3.8, 4) is 0 Å². The Kier molecular flexibility index (Phi) is 5.62. The largest absolute Gasteiger partial charge is 0.479 e. The number of carbonyl (C=O) groups excluding carboxylic acids is 2. The number of hydrogen-bond acceptors (Lipinski definition) is 6. The summed E-state index contributed by atoms with van der Waals surface area (Å²) < 4.78 is 0. The van der Waals surface area contributed by atoms with E-state index in [-0.39, 0.29) is 23.5 Å². The van der Waals surface area contributed by atoms with Gasteiger partial charge >= 0.3 is 5.97 Å². The number of aryl methyl sites for hydroxylation is 1. The number of hydrogen-bond donors (Lipinski definition) is 3. The molecule has 1 fully saturated rings. The van der Waals surface area contributed by atoms with Crippen LogP contribution in [0.4, 0.5) is 5.69 Å². The van der Waals surface area contributed by atoms with Gasteiger partial charge in [-0.3, -0.25) is 19.7 Å². The molecule has 1 unspecified atom stereocenters. The molecule has 1 atom stereocenters. The van der Waals surface area contributed by atoms with Gasteiger partial charge in [0, 0.05) is 22.9 Å². The van der Waals surface area contributed by atoms with Crippen molar-refractivity contribution in [2.45, 2.75) is 18.9 Å². The molecular formula is C15H17N3O6S. The van der Waals surface area contributed by atoms with Crippen molar-refractivity contribution < 1.29 is 24.4 Å². The van der Waals surface area contributed by atoms with Crippen molar-refractivity contribution in [1.82, 2.24) is 10.6 Å². The number of nitrogens with zero attached hydrogens (tertiary/aromatic N) is 1. The number of nitrogens with one attached hydrogen (secondary N) is 2. The van der Waals surface area contributed by atoms with Gasteiger partial charge in [-0.1, -0.05) is 0 Å². The predicted molar refractivity (Wildman–Crippen MR) is 90.6 cm³/mol. The Morgan fingerprint density at radius 3 is 2.64 bits per heavy atom. The summed E-state index contributed by atoms with van der Waals surface area (Å²) in [4.78, 5) is 45.6. The Bertz CT molecular complexity index is 730. The maximum atomic E-state index is 12.1. The predicted octanol–water partition coefficient (Wildman–Crippen LogP) is 0.710. The Morgan fingerprint density at radius 2 is 2.12 bits per heavy atom. The highest BCUT2D eigenvalue weighted by atomic mass is 32.2. The van der Waals surface area contributed by atoms with E-state index in [1.54, 1.807) is 0 Å². The molecule has 2 amide bonds. The number of thioether (sulfide) groups is 1. The van der Waals surface area contributed by atoms with Crippen LogP contribution in [0.3, 0.4) is 0 Å². The minimum atomic E-state index is -1.30. The van der Waals surface area contributed by atoms with Crippen LogP contribution in [0.25, 0.3) is 0 Å². The molecule has 1 aromatic carbocycles. The van der Waals surface area contributed by atoms with Crippen molar-refractivity contribution in [3.05, 3.63) is 39.4 Å². The van der Waals surface area contributed by atoms with Gasteiger partial charge in [-0.05, 0) is 31.2 Å². The van der Waals surface area contributed by atoms with E-state index in [1.807, 2.05) is 0 Å². The summed E-state index contributed by atoms with van der Waals surface area (Å²) in [6.07, 6.45) is 0.328. The first-order valence-electron chi connectivity index (χ1n) is 7.40. The molecule has 0 saturated carbocycles.